The zero-order valence-electron chi connectivity index (χ0n) is 11.8. The molecule has 0 spiro atoms. The van der Waals surface area contributed by atoms with E-state index in [-0.39, 0.29) is 4.90 Å². The van der Waals surface area contributed by atoms with Crippen molar-refractivity contribution in [1.82, 2.24) is 0 Å². The standard InChI is InChI=1S/C13H19ClO6S/c1-17-6-7-18-8-9-19-10-11-20-12-2-4-13(5-3-12)21(14,15)16/h2-5H,6-11H2,1H3. The summed E-state index contributed by atoms with van der Waals surface area (Å²) in [5, 5.41) is 0. The predicted molar refractivity (Wildman–Crippen MR) is 78.5 cm³/mol. The van der Waals surface area contributed by atoms with Gasteiger partial charge in [-0.25, -0.2) is 8.42 Å². The molecule has 0 aliphatic rings. The summed E-state index contributed by atoms with van der Waals surface area (Å²) in [5.74, 6) is 0.555. The van der Waals surface area contributed by atoms with Crippen LogP contribution < -0.4 is 4.74 Å². The van der Waals surface area contributed by atoms with E-state index >= 15 is 0 Å². The van der Waals surface area contributed by atoms with Gasteiger partial charge in [-0.15, -0.1) is 0 Å². The molecule has 8 heteroatoms. The minimum Gasteiger partial charge on any atom is -0.491 e. The highest BCUT2D eigenvalue weighted by molar-refractivity contribution is 8.13. The molecule has 0 bridgehead atoms. The lowest BCUT2D eigenvalue weighted by atomic mass is 10.3. The molecule has 0 amide bonds. The molecule has 0 N–H and O–H groups in total. The van der Waals surface area contributed by atoms with E-state index in [9.17, 15) is 8.42 Å². The number of ether oxygens (including phenoxy) is 4. The summed E-state index contributed by atoms with van der Waals surface area (Å²) >= 11 is 0. The van der Waals surface area contributed by atoms with Crippen molar-refractivity contribution in [2.24, 2.45) is 0 Å². The first-order valence-electron chi connectivity index (χ1n) is 6.36. The Morgan fingerprint density at radius 3 is 1.95 bits per heavy atom. The maximum absolute atomic E-state index is 11.1. The third-order valence-corrected chi connectivity index (χ3v) is 3.78. The van der Waals surface area contributed by atoms with Crippen LogP contribution in [-0.4, -0.2) is 55.2 Å². The molecule has 0 aromatic heterocycles. The van der Waals surface area contributed by atoms with Crippen molar-refractivity contribution in [3.8, 4) is 5.75 Å². The number of halogens is 1. The van der Waals surface area contributed by atoms with Crippen LogP contribution in [0.1, 0.15) is 0 Å². The Morgan fingerprint density at radius 1 is 0.905 bits per heavy atom. The molecule has 0 aliphatic heterocycles. The van der Waals surface area contributed by atoms with E-state index in [0.29, 0.717) is 45.4 Å². The summed E-state index contributed by atoms with van der Waals surface area (Å²) in [5.41, 5.74) is 0. The van der Waals surface area contributed by atoms with E-state index in [1.807, 2.05) is 0 Å². The van der Waals surface area contributed by atoms with Gasteiger partial charge in [-0.05, 0) is 24.3 Å². The highest BCUT2D eigenvalue weighted by Gasteiger charge is 2.08. The number of methoxy groups -OCH3 is 1. The van der Waals surface area contributed by atoms with Gasteiger partial charge in [-0.3, -0.25) is 0 Å². The topological polar surface area (TPSA) is 71.1 Å². The summed E-state index contributed by atoms with van der Waals surface area (Å²) < 4.78 is 42.9. The third-order valence-electron chi connectivity index (χ3n) is 2.41. The van der Waals surface area contributed by atoms with Gasteiger partial charge < -0.3 is 18.9 Å². The summed E-state index contributed by atoms with van der Waals surface area (Å²) in [6.07, 6.45) is 0. The van der Waals surface area contributed by atoms with Gasteiger partial charge in [0.05, 0.1) is 37.9 Å². The smallest absolute Gasteiger partial charge is 0.261 e. The van der Waals surface area contributed by atoms with Gasteiger partial charge in [0.25, 0.3) is 9.05 Å². The summed E-state index contributed by atoms with van der Waals surface area (Å²) in [7, 11) is 3.13. The van der Waals surface area contributed by atoms with Crippen LogP contribution in [0.3, 0.4) is 0 Å². The van der Waals surface area contributed by atoms with Crippen LogP contribution in [0.2, 0.25) is 0 Å². The largest absolute Gasteiger partial charge is 0.491 e. The highest BCUT2D eigenvalue weighted by atomic mass is 35.7. The Hall–Kier alpha value is -0.860. The first-order chi connectivity index (χ1) is 10.0. The Bertz CT molecular complexity index is 488. The SMILES string of the molecule is COCCOCCOCCOc1ccc(S(=O)(=O)Cl)cc1. The average molecular weight is 339 g/mol. The van der Waals surface area contributed by atoms with E-state index in [1.54, 1.807) is 19.2 Å². The Morgan fingerprint density at radius 2 is 1.43 bits per heavy atom. The number of rotatable bonds is 11. The van der Waals surface area contributed by atoms with Gasteiger partial charge in [-0.1, -0.05) is 0 Å². The fraction of sp³-hybridized carbons (Fsp3) is 0.538. The molecule has 0 fully saturated rings. The fourth-order valence-electron chi connectivity index (χ4n) is 1.38. The normalized spacial score (nSPS) is 11.5. The van der Waals surface area contributed by atoms with Crippen LogP contribution in [0.15, 0.2) is 29.2 Å². The maximum atomic E-state index is 11.1. The second kappa shape index (κ2) is 9.97. The van der Waals surface area contributed by atoms with E-state index in [2.05, 4.69) is 0 Å². The van der Waals surface area contributed by atoms with Crippen LogP contribution in [0, 0.1) is 0 Å². The van der Waals surface area contributed by atoms with E-state index in [4.69, 9.17) is 29.6 Å². The number of hydrogen-bond donors (Lipinski definition) is 0. The summed E-state index contributed by atoms with van der Waals surface area (Å²) in [6.45, 7) is 2.89. The average Bonchev–Trinajstić information content (AvgIpc) is 2.45. The van der Waals surface area contributed by atoms with Crippen LogP contribution in [0.5, 0.6) is 5.75 Å². The molecule has 120 valence electrons. The van der Waals surface area contributed by atoms with Crippen LogP contribution in [0.4, 0.5) is 0 Å². The van der Waals surface area contributed by atoms with Gasteiger partial charge in [0, 0.05) is 17.8 Å². The quantitative estimate of drug-likeness (QED) is 0.451. The van der Waals surface area contributed by atoms with Crippen LogP contribution >= 0.6 is 10.7 Å². The molecular weight excluding hydrogens is 320 g/mol. The summed E-state index contributed by atoms with van der Waals surface area (Å²) in [6, 6.07) is 5.87. The molecule has 21 heavy (non-hydrogen) atoms. The maximum Gasteiger partial charge on any atom is 0.261 e. The first kappa shape index (κ1) is 18.2. The van der Waals surface area contributed by atoms with E-state index in [0.717, 1.165) is 0 Å². The molecule has 1 rings (SSSR count). The monoisotopic (exact) mass is 338 g/mol. The lowest BCUT2D eigenvalue weighted by Crippen LogP contribution is -2.12. The molecule has 6 nitrogen and oxygen atoms in total. The van der Waals surface area contributed by atoms with E-state index in [1.165, 1.54) is 12.1 Å². The van der Waals surface area contributed by atoms with E-state index < -0.39 is 9.05 Å². The highest BCUT2D eigenvalue weighted by Crippen LogP contribution is 2.18. The second-order valence-electron chi connectivity index (χ2n) is 3.98. The minimum atomic E-state index is -3.69. The molecular formula is C13H19ClO6S. The lowest BCUT2D eigenvalue weighted by molar-refractivity contribution is 0.0179. The molecule has 0 radical (unpaired) electrons. The second-order valence-corrected chi connectivity index (χ2v) is 6.54. The molecule has 0 heterocycles. The first-order valence-corrected chi connectivity index (χ1v) is 8.67. The molecule has 0 atom stereocenters. The van der Waals surface area contributed by atoms with Crippen molar-refractivity contribution in [1.29, 1.82) is 0 Å². The van der Waals surface area contributed by atoms with Crippen molar-refractivity contribution in [3.63, 3.8) is 0 Å². The lowest BCUT2D eigenvalue weighted by Gasteiger charge is -2.08. The minimum absolute atomic E-state index is 0.0426. The van der Waals surface area contributed by atoms with Gasteiger partial charge >= 0.3 is 0 Å². The number of hydrogen-bond acceptors (Lipinski definition) is 6. The summed E-state index contributed by atoms with van der Waals surface area (Å²) in [4.78, 5) is 0.0426. The molecule has 0 unspecified atom stereocenters. The zero-order chi connectivity index (χ0) is 15.6. The predicted octanol–water partition coefficient (Wildman–Crippen LogP) is 1.67. The zero-order valence-corrected chi connectivity index (χ0v) is 13.4. The van der Waals surface area contributed by atoms with Crippen LogP contribution in [0.25, 0.3) is 0 Å². The Balaban J connectivity index is 2.10. The molecule has 1 aromatic rings. The van der Waals surface area contributed by atoms with Gasteiger partial charge in [0.15, 0.2) is 0 Å². The van der Waals surface area contributed by atoms with Crippen molar-refractivity contribution in [2.75, 3.05) is 46.8 Å². The van der Waals surface area contributed by atoms with Crippen molar-refractivity contribution < 1.29 is 27.4 Å². The van der Waals surface area contributed by atoms with Crippen molar-refractivity contribution in [2.45, 2.75) is 4.90 Å². The Kier molecular flexibility index (Phi) is 8.63. The van der Waals surface area contributed by atoms with Crippen LogP contribution in [-0.2, 0) is 23.3 Å². The fourth-order valence-corrected chi connectivity index (χ4v) is 2.15. The molecule has 1 aromatic carbocycles. The molecule has 0 saturated carbocycles. The van der Waals surface area contributed by atoms with Gasteiger partial charge in [0.1, 0.15) is 12.4 Å². The molecule has 0 aliphatic carbocycles. The van der Waals surface area contributed by atoms with Gasteiger partial charge in [0.2, 0.25) is 0 Å². The van der Waals surface area contributed by atoms with Gasteiger partial charge in [-0.2, -0.15) is 0 Å². The molecule has 0 saturated heterocycles. The third kappa shape index (κ3) is 8.23. The Labute approximate surface area is 129 Å². The van der Waals surface area contributed by atoms with Crippen molar-refractivity contribution in [3.05, 3.63) is 24.3 Å². The van der Waals surface area contributed by atoms with Crippen molar-refractivity contribution >= 4 is 19.7 Å². The number of benzene rings is 1.